The van der Waals surface area contributed by atoms with Crippen molar-refractivity contribution in [2.24, 2.45) is 0 Å². The molecule has 0 aliphatic carbocycles. The first-order valence-corrected chi connectivity index (χ1v) is 16.7. The number of benzene rings is 3. The number of aromatic nitrogens is 1. The summed E-state index contributed by atoms with van der Waals surface area (Å²) in [5, 5.41) is 1.67. The molecule has 0 saturated carbocycles. The highest BCUT2D eigenvalue weighted by molar-refractivity contribution is 7.87. The number of ether oxygens (including phenoxy) is 1. The van der Waals surface area contributed by atoms with Crippen molar-refractivity contribution < 1.29 is 26.9 Å². The summed E-state index contributed by atoms with van der Waals surface area (Å²) in [5.74, 6) is -0.116. The Bertz CT molecular complexity index is 1810. The Morgan fingerprint density at radius 2 is 1.59 bits per heavy atom. The van der Waals surface area contributed by atoms with Crippen molar-refractivity contribution in [1.29, 1.82) is 0 Å². The lowest BCUT2D eigenvalue weighted by atomic mass is 10.0. The normalized spacial score (nSPS) is 14.5. The monoisotopic (exact) mass is 664 g/mol. The fourth-order valence-corrected chi connectivity index (χ4v) is 6.64. The number of likely N-dealkylation sites (N-methyl/N-ethyl adjacent to an activating group) is 1. The van der Waals surface area contributed by atoms with E-state index in [4.69, 9.17) is 20.5 Å². The van der Waals surface area contributed by atoms with Crippen LogP contribution in [0.1, 0.15) is 26.3 Å². The van der Waals surface area contributed by atoms with E-state index in [0.717, 1.165) is 11.1 Å². The minimum atomic E-state index is -4.23. The van der Waals surface area contributed by atoms with Crippen molar-refractivity contribution in [3.05, 3.63) is 95.6 Å². The molecule has 0 radical (unpaired) electrons. The van der Waals surface area contributed by atoms with Gasteiger partial charge in [-0.2, -0.15) is 8.42 Å². The average Bonchev–Trinajstić information content (AvgIpc) is 3.03. The molecule has 1 aromatic heterocycles. The summed E-state index contributed by atoms with van der Waals surface area (Å²) < 4.78 is 37.3. The molecule has 12 heteroatoms. The van der Waals surface area contributed by atoms with Crippen LogP contribution in [0.2, 0.25) is 5.02 Å². The number of para-hydroxylation sites is 1. The summed E-state index contributed by atoms with van der Waals surface area (Å²) in [4.78, 5) is 36.4. The second-order valence-corrected chi connectivity index (χ2v) is 14.0. The van der Waals surface area contributed by atoms with Gasteiger partial charge in [0.25, 0.3) is 0 Å². The van der Waals surface area contributed by atoms with Gasteiger partial charge in [0.05, 0.1) is 10.7 Å². The first-order chi connectivity index (χ1) is 21.8. The lowest BCUT2D eigenvalue weighted by molar-refractivity contribution is -0.136. The highest BCUT2D eigenvalue weighted by Crippen LogP contribution is 2.28. The molecule has 3 aromatic carbocycles. The Kier molecular flexibility index (Phi) is 9.74. The van der Waals surface area contributed by atoms with Crippen LogP contribution in [0.3, 0.4) is 0 Å². The van der Waals surface area contributed by atoms with E-state index >= 15 is 0 Å². The van der Waals surface area contributed by atoms with E-state index in [1.165, 1.54) is 23.2 Å². The van der Waals surface area contributed by atoms with Gasteiger partial charge in [-0.3, -0.25) is 9.69 Å². The average molecular weight is 665 g/mol. The predicted molar refractivity (Wildman–Crippen MR) is 178 cm³/mol. The Balaban J connectivity index is 1.32. The van der Waals surface area contributed by atoms with Crippen LogP contribution in [0.4, 0.5) is 10.5 Å². The third-order valence-electron chi connectivity index (χ3n) is 7.65. The molecule has 0 bridgehead atoms. The Morgan fingerprint density at radius 3 is 2.26 bits per heavy atom. The molecule has 2 amide bonds. The minimum absolute atomic E-state index is 0.0950. The molecule has 2 heterocycles. The number of hydrogen-bond acceptors (Lipinski definition) is 8. The second kappa shape index (κ2) is 13.6. The molecule has 0 unspecified atom stereocenters. The highest BCUT2D eigenvalue weighted by Gasteiger charge is 2.35. The summed E-state index contributed by atoms with van der Waals surface area (Å²) in [6.45, 7) is 7.39. The number of rotatable bonds is 8. The number of nitrogens with zero attached hydrogens (tertiary/aromatic N) is 4. The molecular weight excluding hydrogens is 628 g/mol. The standard InChI is InChI=1S/C34H37ClN4O6S/c1-34(2,3)44-33(41)37(4)30(32(40)39-21-19-38(20-22-39)29-12-8-7-11-28(29)35)23-24-13-15-26(16-14-24)45-46(42,43)31-27-10-6-5-9-25(27)17-18-36-31/h5-18,30H,19-23H2,1-4H3/t30-/m0/s1. The first-order valence-electron chi connectivity index (χ1n) is 14.9. The van der Waals surface area contributed by atoms with Crippen LogP contribution in [0.5, 0.6) is 5.75 Å². The number of carbonyl (C=O) groups is 2. The van der Waals surface area contributed by atoms with E-state index in [2.05, 4.69) is 9.88 Å². The quantitative estimate of drug-likeness (QED) is 0.218. The van der Waals surface area contributed by atoms with Gasteiger partial charge >= 0.3 is 16.2 Å². The molecule has 1 saturated heterocycles. The first kappa shape index (κ1) is 33.0. The number of halogens is 1. The van der Waals surface area contributed by atoms with Crippen molar-refractivity contribution in [3.8, 4) is 5.75 Å². The second-order valence-electron chi connectivity index (χ2n) is 12.1. The van der Waals surface area contributed by atoms with Crippen LogP contribution in [-0.4, -0.2) is 80.1 Å². The number of piperazine rings is 1. The maximum atomic E-state index is 14.0. The van der Waals surface area contributed by atoms with Gasteiger partial charge in [-0.15, -0.1) is 0 Å². The third kappa shape index (κ3) is 7.71. The van der Waals surface area contributed by atoms with Crippen LogP contribution < -0.4 is 9.08 Å². The van der Waals surface area contributed by atoms with Crippen molar-refractivity contribution >= 4 is 50.2 Å². The minimum Gasteiger partial charge on any atom is -0.444 e. The molecule has 1 atom stereocenters. The van der Waals surface area contributed by atoms with Crippen LogP contribution in [0.15, 0.2) is 90.1 Å². The molecule has 46 heavy (non-hydrogen) atoms. The summed E-state index contributed by atoms with van der Waals surface area (Å²) in [6, 6.07) is 21.9. The fraction of sp³-hybridized carbons (Fsp3) is 0.324. The molecular formula is C34H37ClN4O6S. The smallest absolute Gasteiger partial charge is 0.410 e. The van der Waals surface area contributed by atoms with E-state index in [1.807, 2.05) is 30.3 Å². The summed E-state index contributed by atoms with van der Waals surface area (Å²) in [6.07, 6.45) is 0.989. The maximum Gasteiger partial charge on any atom is 0.410 e. The fourth-order valence-electron chi connectivity index (χ4n) is 5.30. The van der Waals surface area contributed by atoms with Crippen molar-refractivity contribution in [2.45, 2.75) is 43.9 Å². The van der Waals surface area contributed by atoms with E-state index < -0.39 is 27.9 Å². The van der Waals surface area contributed by atoms with Crippen LogP contribution >= 0.6 is 11.6 Å². The number of anilines is 1. The van der Waals surface area contributed by atoms with E-state index in [-0.39, 0.29) is 23.1 Å². The van der Waals surface area contributed by atoms with E-state index in [0.29, 0.717) is 42.2 Å². The number of fused-ring (bicyclic) bond motifs is 1. The topological polar surface area (TPSA) is 109 Å². The molecule has 0 N–H and O–H groups in total. The maximum absolute atomic E-state index is 14.0. The third-order valence-corrected chi connectivity index (χ3v) is 9.18. The highest BCUT2D eigenvalue weighted by atomic mass is 35.5. The number of amides is 2. The van der Waals surface area contributed by atoms with Crippen LogP contribution in [0.25, 0.3) is 10.8 Å². The van der Waals surface area contributed by atoms with Crippen molar-refractivity contribution in [1.82, 2.24) is 14.8 Å². The molecule has 242 valence electrons. The zero-order chi connectivity index (χ0) is 33.1. The summed E-state index contributed by atoms with van der Waals surface area (Å²) in [7, 11) is -2.67. The lowest BCUT2D eigenvalue weighted by Crippen LogP contribution is -2.56. The zero-order valence-corrected chi connectivity index (χ0v) is 27.8. The molecule has 10 nitrogen and oxygen atoms in total. The predicted octanol–water partition coefficient (Wildman–Crippen LogP) is 5.78. The van der Waals surface area contributed by atoms with Gasteiger partial charge in [-0.05, 0) is 62.1 Å². The zero-order valence-electron chi connectivity index (χ0n) is 26.2. The number of pyridine rings is 1. The molecule has 4 aromatic rings. The van der Waals surface area contributed by atoms with Crippen LogP contribution in [-0.2, 0) is 26.1 Å². The Labute approximate surface area is 274 Å². The lowest BCUT2D eigenvalue weighted by Gasteiger charge is -2.39. The van der Waals surface area contributed by atoms with Gasteiger partial charge in [0.1, 0.15) is 17.4 Å². The van der Waals surface area contributed by atoms with Crippen LogP contribution in [0, 0.1) is 0 Å². The van der Waals surface area contributed by atoms with Gasteiger partial charge < -0.3 is 18.7 Å². The largest absolute Gasteiger partial charge is 0.444 e. The summed E-state index contributed by atoms with van der Waals surface area (Å²) >= 11 is 6.40. The van der Waals surface area contributed by atoms with Crippen molar-refractivity contribution in [3.63, 3.8) is 0 Å². The number of hydrogen-bond donors (Lipinski definition) is 0. The Hall–Kier alpha value is -4.35. The number of carbonyl (C=O) groups excluding carboxylic acids is 2. The molecule has 1 fully saturated rings. The molecule has 1 aliphatic heterocycles. The summed E-state index contributed by atoms with van der Waals surface area (Å²) in [5.41, 5.74) is 0.874. The molecule has 1 aliphatic rings. The van der Waals surface area contributed by atoms with Crippen molar-refractivity contribution in [2.75, 3.05) is 38.1 Å². The Morgan fingerprint density at radius 1 is 0.935 bits per heavy atom. The molecule has 5 rings (SSSR count). The van der Waals surface area contributed by atoms with E-state index in [1.54, 1.807) is 69.1 Å². The van der Waals surface area contributed by atoms with Gasteiger partial charge in [-0.1, -0.05) is 60.1 Å². The van der Waals surface area contributed by atoms with Gasteiger partial charge in [0, 0.05) is 51.2 Å². The van der Waals surface area contributed by atoms with Gasteiger partial charge in [0.15, 0.2) is 0 Å². The molecule has 0 spiro atoms. The van der Waals surface area contributed by atoms with E-state index in [9.17, 15) is 18.0 Å². The van der Waals surface area contributed by atoms with Gasteiger partial charge in [-0.25, -0.2) is 9.78 Å². The van der Waals surface area contributed by atoms with Gasteiger partial charge in [0.2, 0.25) is 10.9 Å². The SMILES string of the molecule is CN(C(=O)OC(C)(C)C)[C@@H](Cc1ccc(OS(=O)(=O)c2nccc3ccccc23)cc1)C(=O)N1CCN(c2ccccc2Cl)CC1.